The highest BCUT2D eigenvalue weighted by Gasteiger charge is 2.15. The number of rotatable bonds is 4. The number of hydrogen-bond acceptors (Lipinski definition) is 5. The maximum Gasteiger partial charge on any atom is 0.252 e. The van der Waals surface area contributed by atoms with Crippen molar-refractivity contribution < 1.29 is 4.79 Å². The maximum absolute atomic E-state index is 11.9. The van der Waals surface area contributed by atoms with Crippen molar-refractivity contribution in [2.75, 3.05) is 23.5 Å². The molecule has 0 saturated carbocycles. The average Bonchev–Trinajstić information content (AvgIpc) is 2.46. The van der Waals surface area contributed by atoms with Gasteiger partial charge in [-0.3, -0.25) is 4.79 Å². The first-order chi connectivity index (χ1) is 8.79. The van der Waals surface area contributed by atoms with Crippen LogP contribution in [-0.4, -0.2) is 28.9 Å². The van der Waals surface area contributed by atoms with Crippen molar-refractivity contribution >= 4 is 23.5 Å². The van der Waals surface area contributed by atoms with Crippen molar-refractivity contribution in [1.82, 2.24) is 10.3 Å². The van der Waals surface area contributed by atoms with Crippen molar-refractivity contribution in [1.29, 1.82) is 0 Å². The SMILES string of the molecule is NNc1ccc(C(=O)NCC2CCSCC2)cn1. The Morgan fingerprint density at radius 1 is 1.44 bits per heavy atom. The first kappa shape index (κ1) is 13.2. The molecule has 0 spiro atoms. The number of nitrogen functional groups attached to an aromatic ring is 1. The van der Waals surface area contributed by atoms with Crippen LogP contribution in [0, 0.1) is 5.92 Å². The second kappa shape index (κ2) is 6.61. The van der Waals surface area contributed by atoms with Crippen LogP contribution in [0.15, 0.2) is 18.3 Å². The Balaban J connectivity index is 1.82. The third kappa shape index (κ3) is 3.61. The lowest BCUT2D eigenvalue weighted by Crippen LogP contribution is -2.31. The van der Waals surface area contributed by atoms with E-state index in [-0.39, 0.29) is 5.91 Å². The zero-order valence-corrected chi connectivity index (χ0v) is 11.0. The molecule has 0 aliphatic carbocycles. The van der Waals surface area contributed by atoms with E-state index in [0.717, 1.165) is 6.54 Å². The summed E-state index contributed by atoms with van der Waals surface area (Å²) in [6, 6.07) is 3.40. The summed E-state index contributed by atoms with van der Waals surface area (Å²) in [5.74, 6) is 8.74. The van der Waals surface area contributed by atoms with Gasteiger partial charge in [0.15, 0.2) is 0 Å². The standard InChI is InChI=1S/C12H18N4OS/c13-16-11-2-1-10(8-14-11)12(17)15-7-9-3-5-18-6-4-9/h1-2,8-9H,3-7,13H2,(H,14,16)(H,15,17). The molecule has 0 aromatic carbocycles. The van der Waals surface area contributed by atoms with Gasteiger partial charge in [0.2, 0.25) is 0 Å². The van der Waals surface area contributed by atoms with Gasteiger partial charge in [-0.15, -0.1) is 0 Å². The Hall–Kier alpha value is -1.27. The van der Waals surface area contributed by atoms with Crippen LogP contribution in [0.4, 0.5) is 5.82 Å². The van der Waals surface area contributed by atoms with Crippen molar-refractivity contribution in [2.45, 2.75) is 12.8 Å². The van der Waals surface area contributed by atoms with Crippen LogP contribution in [0.3, 0.4) is 0 Å². The van der Waals surface area contributed by atoms with Crippen molar-refractivity contribution in [3.8, 4) is 0 Å². The van der Waals surface area contributed by atoms with Gasteiger partial charge in [0.25, 0.3) is 5.91 Å². The van der Waals surface area contributed by atoms with Gasteiger partial charge < -0.3 is 10.7 Å². The van der Waals surface area contributed by atoms with Crippen molar-refractivity contribution in [3.63, 3.8) is 0 Å². The Labute approximate surface area is 111 Å². The van der Waals surface area contributed by atoms with Gasteiger partial charge in [0, 0.05) is 12.7 Å². The lowest BCUT2D eigenvalue weighted by Gasteiger charge is -2.21. The predicted octanol–water partition coefficient (Wildman–Crippen LogP) is 1.24. The minimum absolute atomic E-state index is 0.0655. The predicted molar refractivity (Wildman–Crippen MR) is 74.4 cm³/mol. The van der Waals surface area contributed by atoms with E-state index >= 15 is 0 Å². The van der Waals surface area contributed by atoms with Gasteiger partial charge in [0.1, 0.15) is 5.82 Å². The number of nitrogens with one attached hydrogen (secondary N) is 2. The molecule has 2 heterocycles. The molecule has 1 saturated heterocycles. The van der Waals surface area contributed by atoms with Crippen molar-refractivity contribution in [2.24, 2.45) is 11.8 Å². The number of aromatic nitrogens is 1. The first-order valence-corrected chi connectivity index (χ1v) is 7.23. The molecule has 1 aromatic heterocycles. The van der Waals surface area contributed by atoms with E-state index in [2.05, 4.69) is 15.7 Å². The number of carbonyl (C=O) groups is 1. The lowest BCUT2D eigenvalue weighted by molar-refractivity contribution is 0.0946. The van der Waals surface area contributed by atoms with Crippen LogP contribution in [0.1, 0.15) is 23.2 Å². The molecular formula is C12H18N4OS. The number of amides is 1. The summed E-state index contributed by atoms with van der Waals surface area (Å²) in [4.78, 5) is 15.9. The number of hydrazine groups is 1. The molecule has 1 aliphatic rings. The van der Waals surface area contributed by atoms with Gasteiger partial charge in [-0.2, -0.15) is 11.8 Å². The number of nitrogens with zero attached hydrogens (tertiary/aromatic N) is 1. The van der Waals surface area contributed by atoms with Crippen LogP contribution in [0.5, 0.6) is 0 Å². The minimum Gasteiger partial charge on any atom is -0.352 e. The first-order valence-electron chi connectivity index (χ1n) is 6.08. The fourth-order valence-electron chi connectivity index (χ4n) is 1.90. The molecular weight excluding hydrogens is 248 g/mol. The number of anilines is 1. The topological polar surface area (TPSA) is 80.0 Å². The number of hydrogen-bond donors (Lipinski definition) is 3. The summed E-state index contributed by atoms with van der Waals surface area (Å²) >= 11 is 1.99. The lowest BCUT2D eigenvalue weighted by atomic mass is 10.0. The Morgan fingerprint density at radius 2 is 2.22 bits per heavy atom. The second-order valence-electron chi connectivity index (χ2n) is 4.34. The highest BCUT2D eigenvalue weighted by molar-refractivity contribution is 7.99. The van der Waals surface area contributed by atoms with Gasteiger partial charge in [-0.1, -0.05) is 0 Å². The normalized spacial score (nSPS) is 16.3. The van der Waals surface area contributed by atoms with E-state index in [1.807, 2.05) is 11.8 Å². The summed E-state index contributed by atoms with van der Waals surface area (Å²) in [5.41, 5.74) is 3.00. The number of pyridine rings is 1. The van der Waals surface area contributed by atoms with Gasteiger partial charge in [-0.05, 0) is 42.4 Å². The molecule has 4 N–H and O–H groups in total. The number of thioether (sulfide) groups is 1. The summed E-state index contributed by atoms with van der Waals surface area (Å²) in [6.07, 6.45) is 3.92. The van der Waals surface area contributed by atoms with Gasteiger partial charge in [0.05, 0.1) is 5.56 Å². The number of carbonyl (C=O) groups excluding carboxylic acids is 1. The van der Waals surface area contributed by atoms with E-state index in [1.54, 1.807) is 12.1 Å². The van der Waals surface area contributed by atoms with Crippen LogP contribution >= 0.6 is 11.8 Å². The smallest absolute Gasteiger partial charge is 0.252 e. The molecule has 0 atom stereocenters. The van der Waals surface area contributed by atoms with Crippen LogP contribution < -0.4 is 16.6 Å². The van der Waals surface area contributed by atoms with Gasteiger partial charge in [-0.25, -0.2) is 10.8 Å². The molecule has 0 unspecified atom stereocenters. The molecule has 0 radical (unpaired) electrons. The molecule has 6 heteroatoms. The largest absolute Gasteiger partial charge is 0.352 e. The number of nitrogens with two attached hydrogens (primary N) is 1. The molecule has 1 fully saturated rings. The molecule has 18 heavy (non-hydrogen) atoms. The van der Waals surface area contributed by atoms with Crippen LogP contribution in [-0.2, 0) is 0 Å². The van der Waals surface area contributed by atoms with Gasteiger partial charge >= 0.3 is 0 Å². The third-order valence-corrected chi connectivity index (χ3v) is 4.11. The van der Waals surface area contributed by atoms with E-state index < -0.39 is 0 Å². The molecule has 0 bridgehead atoms. The van der Waals surface area contributed by atoms with Crippen LogP contribution in [0.25, 0.3) is 0 Å². The minimum atomic E-state index is -0.0655. The summed E-state index contributed by atoms with van der Waals surface area (Å²) in [6.45, 7) is 0.760. The molecule has 1 amide bonds. The Kier molecular flexibility index (Phi) is 4.83. The second-order valence-corrected chi connectivity index (χ2v) is 5.57. The highest BCUT2D eigenvalue weighted by atomic mass is 32.2. The average molecular weight is 266 g/mol. The zero-order chi connectivity index (χ0) is 12.8. The van der Waals surface area contributed by atoms with E-state index in [4.69, 9.17) is 5.84 Å². The maximum atomic E-state index is 11.9. The Morgan fingerprint density at radius 3 is 2.83 bits per heavy atom. The van der Waals surface area contributed by atoms with Crippen molar-refractivity contribution in [3.05, 3.63) is 23.9 Å². The van der Waals surface area contributed by atoms with E-state index in [9.17, 15) is 4.79 Å². The fourth-order valence-corrected chi connectivity index (χ4v) is 3.11. The summed E-state index contributed by atoms with van der Waals surface area (Å²) in [7, 11) is 0. The monoisotopic (exact) mass is 266 g/mol. The highest BCUT2D eigenvalue weighted by Crippen LogP contribution is 2.21. The molecule has 2 rings (SSSR count). The fraction of sp³-hybridized carbons (Fsp3) is 0.500. The van der Waals surface area contributed by atoms with Crippen LogP contribution in [0.2, 0.25) is 0 Å². The van der Waals surface area contributed by atoms with E-state index in [0.29, 0.717) is 17.3 Å². The Bertz CT molecular complexity index is 390. The summed E-state index contributed by atoms with van der Waals surface area (Å²) < 4.78 is 0. The molecule has 5 nitrogen and oxygen atoms in total. The molecule has 1 aliphatic heterocycles. The molecule has 98 valence electrons. The zero-order valence-electron chi connectivity index (χ0n) is 10.2. The third-order valence-electron chi connectivity index (χ3n) is 3.07. The molecule has 1 aromatic rings. The quantitative estimate of drug-likeness (QED) is 0.564. The summed E-state index contributed by atoms with van der Waals surface area (Å²) in [5, 5.41) is 2.97. The van der Waals surface area contributed by atoms with E-state index in [1.165, 1.54) is 30.5 Å².